The highest BCUT2D eigenvalue weighted by Gasteiger charge is 2.28. The highest BCUT2D eigenvalue weighted by Crippen LogP contribution is 2.43. The monoisotopic (exact) mass is 499 g/mol. The van der Waals surface area contributed by atoms with E-state index in [2.05, 4.69) is 5.32 Å². The fourth-order valence-corrected chi connectivity index (χ4v) is 4.61. The molecule has 0 spiro atoms. The Hall–Kier alpha value is -3.13. The minimum absolute atomic E-state index is 0.144. The van der Waals surface area contributed by atoms with Crippen LogP contribution in [0, 0.1) is 5.82 Å². The zero-order valence-corrected chi connectivity index (χ0v) is 20.0. The summed E-state index contributed by atoms with van der Waals surface area (Å²) in [4.78, 5) is 11.2. The lowest BCUT2D eigenvalue weighted by molar-refractivity contribution is -0.140. The van der Waals surface area contributed by atoms with Gasteiger partial charge in [-0.2, -0.15) is 0 Å². The molecule has 184 valence electrons. The van der Waals surface area contributed by atoms with Crippen molar-refractivity contribution in [2.75, 3.05) is 13.2 Å². The third kappa shape index (κ3) is 5.42. The van der Waals surface area contributed by atoms with Crippen LogP contribution < -0.4 is 14.8 Å². The average Bonchev–Trinajstić information content (AvgIpc) is 3.25. The number of aliphatic hydroxyl groups is 1. The summed E-state index contributed by atoms with van der Waals surface area (Å²) in [5.41, 5.74) is 4.15. The summed E-state index contributed by atoms with van der Waals surface area (Å²) in [7, 11) is 0. The second kappa shape index (κ2) is 11.1. The van der Waals surface area contributed by atoms with Crippen LogP contribution >= 0.6 is 11.6 Å². The molecule has 0 saturated heterocycles. The Morgan fingerprint density at radius 1 is 1.17 bits per heavy atom. The first-order chi connectivity index (χ1) is 16.9. The summed E-state index contributed by atoms with van der Waals surface area (Å²) >= 11 is 6.54. The molecular formula is C27H27ClFNO5. The smallest absolute Gasteiger partial charge is 0.323 e. The van der Waals surface area contributed by atoms with Crippen molar-refractivity contribution in [3.63, 3.8) is 0 Å². The van der Waals surface area contributed by atoms with Crippen molar-refractivity contribution in [3.05, 3.63) is 82.1 Å². The maximum absolute atomic E-state index is 14.5. The lowest BCUT2D eigenvalue weighted by atomic mass is 9.96. The van der Waals surface area contributed by atoms with Gasteiger partial charge in [0.15, 0.2) is 0 Å². The zero-order chi connectivity index (χ0) is 24.9. The number of rotatable bonds is 10. The fourth-order valence-electron chi connectivity index (χ4n) is 4.38. The zero-order valence-electron chi connectivity index (χ0n) is 19.3. The summed E-state index contributed by atoms with van der Waals surface area (Å²) < 4.78 is 26.5. The molecule has 3 aromatic rings. The molecule has 0 saturated carbocycles. The van der Waals surface area contributed by atoms with Gasteiger partial charge in [-0.15, -0.1) is 0 Å². The Bertz CT molecular complexity index is 1220. The molecule has 0 aliphatic heterocycles. The predicted octanol–water partition coefficient (Wildman–Crippen LogP) is 5.15. The summed E-state index contributed by atoms with van der Waals surface area (Å²) in [5.74, 6) is -0.443. The second-order valence-electron chi connectivity index (χ2n) is 8.28. The molecule has 4 rings (SSSR count). The number of hydrogen-bond acceptors (Lipinski definition) is 5. The summed E-state index contributed by atoms with van der Waals surface area (Å²) in [6.45, 7) is 1.85. The SMILES string of the molecule is CCOc1cc(O[C@H]2CCc3c(-c4ccccc4F)cccc32)c(Cl)cc1CN[C@@H](CO)C(=O)O. The number of ether oxygens (including phenoxy) is 2. The van der Waals surface area contributed by atoms with Crippen LogP contribution in [-0.4, -0.2) is 35.4 Å². The van der Waals surface area contributed by atoms with Gasteiger partial charge in [0.05, 0.1) is 18.2 Å². The lowest BCUT2D eigenvalue weighted by Crippen LogP contribution is -2.39. The van der Waals surface area contributed by atoms with Gasteiger partial charge in [0.1, 0.15) is 29.5 Å². The van der Waals surface area contributed by atoms with Crippen molar-refractivity contribution in [1.29, 1.82) is 0 Å². The summed E-state index contributed by atoms with van der Waals surface area (Å²) in [6.07, 6.45) is 1.22. The van der Waals surface area contributed by atoms with E-state index in [4.69, 9.17) is 26.2 Å². The fraction of sp³-hybridized carbons (Fsp3) is 0.296. The van der Waals surface area contributed by atoms with Gasteiger partial charge in [-0.05, 0) is 48.6 Å². The van der Waals surface area contributed by atoms with Crippen LogP contribution in [0.15, 0.2) is 54.6 Å². The van der Waals surface area contributed by atoms with Crippen LogP contribution in [0.3, 0.4) is 0 Å². The number of benzene rings is 3. The number of carbonyl (C=O) groups is 1. The molecule has 3 aromatic carbocycles. The summed E-state index contributed by atoms with van der Waals surface area (Å²) in [6, 6.07) is 14.9. The first-order valence-corrected chi connectivity index (χ1v) is 11.9. The van der Waals surface area contributed by atoms with Crippen molar-refractivity contribution in [3.8, 4) is 22.6 Å². The van der Waals surface area contributed by atoms with E-state index in [0.29, 0.717) is 34.3 Å². The van der Waals surface area contributed by atoms with Gasteiger partial charge in [0.25, 0.3) is 0 Å². The number of halogens is 2. The van der Waals surface area contributed by atoms with Crippen molar-refractivity contribution in [2.45, 2.75) is 38.5 Å². The molecule has 8 heteroatoms. The van der Waals surface area contributed by atoms with Crippen LogP contribution in [0.2, 0.25) is 5.02 Å². The lowest BCUT2D eigenvalue weighted by Gasteiger charge is -2.20. The molecule has 1 aliphatic rings. The van der Waals surface area contributed by atoms with E-state index in [0.717, 1.165) is 29.5 Å². The molecule has 35 heavy (non-hydrogen) atoms. The normalized spacial score (nSPS) is 15.5. The number of nitrogens with one attached hydrogen (secondary N) is 1. The van der Waals surface area contributed by atoms with E-state index in [-0.39, 0.29) is 18.5 Å². The van der Waals surface area contributed by atoms with Crippen molar-refractivity contribution in [2.24, 2.45) is 0 Å². The van der Waals surface area contributed by atoms with Crippen molar-refractivity contribution < 1.29 is 28.9 Å². The molecule has 0 unspecified atom stereocenters. The minimum Gasteiger partial charge on any atom is -0.493 e. The van der Waals surface area contributed by atoms with E-state index in [1.807, 2.05) is 31.2 Å². The average molecular weight is 500 g/mol. The third-order valence-electron chi connectivity index (χ3n) is 6.08. The number of aliphatic hydroxyl groups excluding tert-OH is 1. The number of hydrogen-bond donors (Lipinski definition) is 3. The molecule has 0 heterocycles. The number of aliphatic carboxylic acids is 1. The van der Waals surface area contributed by atoms with Crippen LogP contribution in [0.1, 0.15) is 36.1 Å². The Morgan fingerprint density at radius 2 is 1.94 bits per heavy atom. The molecule has 6 nitrogen and oxygen atoms in total. The van der Waals surface area contributed by atoms with Gasteiger partial charge >= 0.3 is 5.97 Å². The molecule has 1 aliphatic carbocycles. The van der Waals surface area contributed by atoms with Gasteiger partial charge in [0, 0.05) is 23.7 Å². The molecular weight excluding hydrogens is 473 g/mol. The standard InChI is InChI=1S/C27H27ClFNO5/c1-2-34-25-13-26(21(28)12-16(25)14-30-23(15-31)27(32)33)35-24-11-10-18-17(7-5-8-20(18)24)19-6-3-4-9-22(19)29/h3-9,12-13,23-24,30-31H,2,10-11,14-15H2,1H3,(H,32,33)/t23-,24-/m0/s1. The molecule has 0 aromatic heterocycles. The van der Waals surface area contributed by atoms with E-state index in [1.54, 1.807) is 24.3 Å². The van der Waals surface area contributed by atoms with Gasteiger partial charge < -0.3 is 19.7 Å². The topological polar surface area (TPSA) is 88.0 Å². The van der Waals surface area contributed by atoms with Crippen molar-refractivity contribution >= 4 is 17.6 Å². The first-order valence-electron chi connectivity index (χ1n) is 11.5. The molecule has 0 amide bonds. The third-order valence-corrected chi connectivity index (χ3v) is 6.38. The highest BCUT2D eigenvalue weighted by molar-refractivity contribution is 6.32. The molecule has 0 fully saturated rings. The van der Waals surface area contributed by atoms with Crippen LogP contribution in [0.5, 0.6) is 11.5 Å². The van der Waals surface area contributed by atoms with E-state index < -0.39 is 18.6 Å². The maximum Gasteiger partial charge on any atom is 0.323 e. The van der Waals surface area contributed by atoms with E-state index >= 15 is 0 Å². The highest BCUT2D eigenvalue weighted by atomic mass is 35.5. The molecule has 2 atom stereocenters. The van der Waals surface area contributed by atoms with Gasteiger partial charge in [-0.1, -0.05) is 48.0 Å². The second-order valence-corrected chi connectivity index (χ2v) is 8.68. The van der Waals surface area contributed by atoms with Crippen LogP contribution in [-0.2, 0) is 17.8 Å². The van der Waals surface area contributed by atoms with E-state index in [1.165, 1.54) is 6.07 Å². The Morgan fingerprint density at radius 3 is 2.66 bits per heavy atom. The van der Waals surface area contributed by atoms with Gasteiger partial charge in [0.2, 0.25) is 0 Å². The largest absolute Gasteiger partial charge is 0.493 e. The number of fused-ring (bicyclic) bond motifs is 1. The predicted molar refractivity (Wildman–Crippen MR) is 131 cm³/mol. The molecule has 3 N–H and O–H groups in total. The molecule has 0 radical (unpaired) electrons. The maximum atomic E-state index is 14.5. The van der Waals surface area contributed by atoms with Gasteiger partial charge in [-0.3, -0.25) is 10.1 Å². The summed E-state index contributed by atoms with van der Waals surface area (Å²) in [5, 5.41) is 21.5. The van der Waals surface area contributed by atoms with Crippen LogP contribution in [0.4, 0.5) is 4.39 Å². The van der Waals surface area contributed by atoms with Crippen LogP contribution in [0.25, 0.3) is 11.1 Å². The van der Waals surface area contributed by atoms with E-state index in [9.17, 15) is 14.3 Å². The minimum atomic E-state index is -1.15. The first kappa shape index (κ1) is 25.0. The Balaban J connectivity index is 1.59. The van der Waals surface area contributed by atoms with Crippen molar-refractivity contribution in [1.82, 2.24) is 5.32 Å². The number of carboxylic acids is 1. The van der Waals surface area contributed by atoms with Gasteiger partial charge in [-0.25, -0.2) is 4.39 Å². The molecule has 0 bridgehead atoms. The number of carboxylic acid groups (broad SMARTS) is 1. The Labute approximate surface area is 208 Å². The quantitative estimate of drug-likeness (QED) is 0.358. The Kier molecular flexibility index (Phi) is 7.90.